The molecule has 2 N–H and O–H groups in total. The number of rotatable bonds is 2. The van der Waals surface area contributed by atoms with Crippen molar-refractivity contribution in [3.63, 3.8) is 0 Å². The Labute approximate surface area is 102 Å². The van der Waals surface area contributed by atoms with E-state index in [9.17, 15) is 0 Å². The number of aryl methyl sites for hydroxylation is 2. The molecule has 0 aliphatic rings. The highest BCUT2D eigenvalue weighted by Gasteiger charge is 2.14. The summed E-state index contributed by atoms with van der Waals surface area (Å²) in [7, 11) is 0. The van der Waals surface area contributed by atoms with Crippen molar-refractivity contribution in [3.8, 4) is 0 Å². The van der Waals surface area contributed by atoms with Crippen LogP contribution in [0.25, 0.3) is 0 Å². The minimum absolute atomic E-state index is 0.254. The predicted octanol–water partition coefficient (Wildman–Crippen LogP) is 2.45. The van der Waals surface area contributed by atoms with Crippen LogP contribution in [0.3, 0.4) is 0 Å². The van der Waals surface area contributed by atoms with E-state index in [1.807, 2.05) is 19.1 Å². The largest absolute Gasteiger partial charge is 0.318 e. The van der Waals surface area contributed by atoms with E-state index in [-0.39, 0.29) is 6.04 Å². The molecule has 0 amide bonds. The first-order valence-corrected chi connectivity index (χ1v) is 5.70. The smallest absolute Gasteiger partial charge is 0.149 e. The molecule has 0 aliphatic carbocycles. The summed E-state index contributed by atoms with van der Waals surface area (Å²) in [5.41, 5.74) is 10.8. The molecule has 17 heavy (non-hydrogen) atoms. The van der Waals surface area contributed by atoms with E-state index in [4.69, 9.17) is 5.73 Å². The van der Waals surface area contributed by atoms with Gasteiger partial charge < -0.3 is 5.73 Å². The lowest BCUT2D eigenvalue weighted by Gasteiger charge is -2.14. The third-order valence-corrected chi connectivity index (χ3v) is 3.06. The second-order valence-corrected chi connectivity index (χ2v) is 4.39. The Kier molecular flexibility index (Phi) is 3.20. The lowest BCUT2D eigenvalue weighted by atomic mass is 9.97. The van der Waals surface area contributed by atoms with Crippen molar-refractivity contribution in [2.45, 2.75) is 26.8 Å². The average Bonchev–Trinajstić information content (AvgIpc) is 2.33. The van der Waals surface area contributed by atoms with Crippen LogP contribution >= 0.6 is 0 Å². The minimum Gasteiger partial charge on any atom is -0.318 e. The van der Waals surface area contributed by atoms with Crippen molar-refractivity contribution < 1.29 is 0 Å². The summed E-state index contributed by atoms with van der Waals surface area (Å²) in [5, 5.41) is 0. The molecule has 1 aromatic heterocycles. The van der Waals surface area contributed by atoms with Crippen LogP contribution < -0.4 is 5.73 Å². The van der Waals surface area contributed by atoms with Gasteiger partial charge in [-0.1, -0.05) is 18.2 Å². The Morgan fingerprint density at radius 1 is 1.06 bits per heavy atom. The Hall–Kier alpha value is -1.74. The quantitative estimate of drug-likeness (QED) is 0.857. The molecule has 0 radical (unpaired) electrons. The molecule has 1 atom stereocenters. The van der Waals surface area contributed by atoms with Crippen LogP contribution in [0.5, 0.6) is 0 Å². The zero-order valence-corrected chi connectivity index (χ0v) is 10.4. The molecular formula is C14H17N3. The number of aromatic nitrogens is 2. The fraction of sp³-hybridized carbons (Fsp3) is 0.286. The van der Waals surface area contributed by atoms with Gasteiger partial charge in [0.25, 0.3) is 0 Å². The molecule has 0 aliphatic heterocycles. The highest BCUT2D eigenvalue weighted by molar-refractivity contribution is 5.37. The third kappa shape index (κ3) is 2.34. The van der Waals surface area contributed by atoms with Gasteiger partial charge in [-0.3, -0.25) is 0 Å². The van der Waals surface area contributed by atoms with E-state index in [1.165, 1.54) is 11.1 Å². The first kappa shape index (κ1) is 11.7. The number of benzene rings is 1. The van der Waals surface area contributed by atoms with Gasteiger partial charge >= 0.3 is 0 Å². The zero-order valence-electron chi connectivity index (χ0n) is 10.4. The maximum Gasteiger partial charge on any atom is 0.149 e. The van der Waals surface area contributed by atoms with E-state index < -0.39 is 0 Å². The maximum atomic E-state index is 6.21. The topological polar surface area (TPSA) is 51.8 Å². The van der Waals surface area contributed by atoms with Gasteiger partial charge in [-0.05, 0) is 43.0 Å². The average molecular weight is 227 g/mol. The van der Waals surface area contributed by atoms with Crippen molar-refractivity contribution >= 4 is 0 Å². The summed E-state index contributed by atoms with van der Waals surface area (Å²) < 4.78 is 0. The Morgan fingerprint density at radius 3 is 2.35 bits per heavy atom. The fourth-order valence-electron chi connectivity index (χ4n) is 1.81. The summed E-state index contributed by atoms with van der Waals surface area (Å²) in [5.74, 6) is 0.671. The summed E-state index contributed by atoms with van der Waals surface area (Å²) >= 11 is 0. The van der Waals surface area contributed by atoms with Gasteiger partial charge in [0.2, 0.25) is 0 Å². The second kappa shape index (κ2) is 4.63. The van der Waals surface area contributed by atoms with Crippen LogP contribution in [0, 0.1) is 20.8 Å². The Morgan fingerprint density at radius 2 is 1.71 bits per heavy atom. The van der Waals surface area contributed by atoms with Crippen molar-refractivity contribution in [1.82, 2.24) is 9.97 Å². The molecule has 0 saturated heterocycles. The van der Waals surface area contributed by atoms with Gasteiger partial charge in [0.05, 0.1) is 6.04 Å². The van der Waals surface area contributed by atoms with Crippen molar-refractivity contribution in [2.24, 2.45) is 5.73 Å². The number of hydrogen-bond donors (Lipinski definition) is 1. The van der Waals surface area contributed by atoms with E-state index in [0.29, 0.717) is 5.82 Å². The summed E-state index contributed by atoms with van der Waals surface area (Å²) in [6.07, 6.45) is 3.60. The van der Waals surface area contributed by atoms with E-state index in [0.717, 1.165) is 11.1 Å². The maximum absolute atomic E-state index is 6.21. The summed E-state index contributed by atoms with van der Waals surface area (Å²) in [6.45, 7) is 6.13. The van der Waals surface area contributed by atoms with Gasteiger partial charge in [0, 0.05) is 12.4 Å². The first-order chi connectivity index (χ1) is 8.09. The molecule has 2 rings (SSSR count). The molecule has 1 aromatic carbocycles. The van der Waals surface area contributed by atoms with Crippen LogP contribution in [-0.2, 0) is 0 Å². The molecular weight excluding hydrogens is 210 g/mol. The van der Waals surface area contributed by atoms with Gasteiger partial charge in [-0.25, -0.2) is 9.97 Å². The molecule has 3 nitrogen and oxygen atoms in total. The van der Waals surface area contributed by atoms with Crippen molar-refractivity contribution in [3.05, 3.63) is 58.7 Å². The first-order valence-electron chi connectivity index (χ1n) is 5.70. The predicted molar refractivity (Wildman–Crippen MR) is 68.7 cm³/mol. The molecule has 0 bridgehead atoms. The van der Waals surface area contributed by atoms with Gasteiger partial charge in [0.1, 0.15) is 5.82 Å². The van der Waals surface area contributed by atoms with Crippen molar-refractivity contribution in [1.29, 1.82) is 0 Å². The van der Waals surface area contributed by atoms with Gasteiger partial charge in [-0.2, -0.15) is 0 Å². The molecule has 1 unspecified atom stereocenters. The molecule has 1 heterocycles. The molecule has 0 saturated carbocycles. The van der Waals surface area contributed by atoms with Gasteiger partial charge in [-0.15, -0.1) is 0 Å². The standard InChI is InChI=1S/C14H17N3/c1-9-7-16-14(17-8-9)13(15)12-6-4-5-10(2)11(12)3/h4-8,13H,15H2,1-3H3. The number of hydrogen-bond acceptors (Lipinski definition) is 3. The van der Waals surface area contributed by atoms with Crippen LogP contribution in [0.2, 0.25) is 0 Å². The van der Waals surface area contributed by atoms with E-state index in [2.05, 4.69) is 29.9 Å². The molecule has 2 aromatic rings. The highest BCUT2D eigenvalue weighted by atomic mass is 14.9. The third-order valence-electron chi connectivity index (χ3n) is 3.06. The molecule has 0 fully saturated rings. The van der Waals surface area contributed by atoms with Gasteiger partial charge in [0.15, 0.2) is 0 Å². The monoisotopic (exact) mass is 227 g/mol. The lowest BCUT2D eigenvalue weighted by Crippen LogP contribution is -2.16. The van der Waals surface area contributed by atoms with E-state index in [1.54, 1.807) is 12.4 Å². The minimum atomic E-state index is -0.254. The molecule has 0 spiro atoms. The van der Waals surface area contributed by atoms with Crippen molar-refractivity contribution in [2.75, 3.05) is 0 Å². The zero-order chi connectivity index (χ0) is 12.4. The van der Waals surface area contributed by atoms with Crippen LogP contribution in [-0.4, -0.2) is 9.97 Å². The highest BCUT2D eigenvalue weighted by Crippen LogP contribution is 2.22. The summed E-state index contributed by atoms with van der Waals surface area (Å²) in [6, 6.07) is 5.89. The Balaban J connectivity index is 2.40. The Bertz CT molecular complexity index is 517. The second-order valence-electron chi connectivity index (χ2n) is 4.39. The lowest BCUT2D eigenvalue weighted by molar-refractivity contribution is 0.770. The van der Waals surface area contributed by atoms with Crippen LogP contribution in [0.4, 0.5) is 0 Å². The molecule has 3 heteroatoms. The number of nitrogens with two attached hydrogens (primary N) is 1. The van der Waals surface area contributed by atoms with E-state index >= 15 is 0 Å². The fourth-order valence-corrected chi connectivity index (χ4v) is 1.81. The summed E-state index contributed by atoms with van der Waals surface area (Å²) in [4.78, 5) is 8.58. The normalized spacial score (nSPS) is 12.5. The SMILES string of the molecule is Cc1cnc(C(N)c2cccc(C)c2C)nc1. The molecule has 88 valence electrons. The van der Waals surface area contributed by atoms with Crippen LogP contribution in [0.15, 0.2) is 30.6 Å². The van der Waals surface area contributed by atoms with Crippen LogP contribution in [0.1, 0.15) is 34.1 Å². The number of nitrogens with zero attached hydrogens (tertiary/aromatic N) is 2.